The number of hydrogen-bond acceptors (Lipinski definition) is 2. The SMILES string of the molecule is O=CC1=C(C2=C(C=O)CCCC2)CCCC1. The molecule has 0 radical (unpaired) electrons. The Morgan fingerprint density at radius 2 is 1.00 bits per heavy atom. The van der Waals surface area contributed by atoms with Gasteiger partial charge in [0.15, 0.2) is 0 Å². The molecule has 0 heterocycles. The van der Waals surface area contributed by atoms with Crippen LogP contribution in [0, 0.1) is 0 Å². The molecule has 2 aliphatic rings. The topological polar surface area (TPSA) is 34.1 Å². The molecular formula is C14H18O2. The van der Waals surface area contributed by atoms with Crippen molar-refractivity contribution in [3.63, 3.8) is 0 Å². The largest absolute Gasteiger partial charge is 0.298 e. The van der Waals surface area contributed by atoms with Gasteiger partial charge in [0, 0.05) is 0 Å². The highest BCUT2D eigenvalue weighted by Gasteiger charge is 2.20. The van der Waals surface area contributed by atoms with Crippen molar-refractivity contribution in [2.45, 2.75) is 51.4 Å². The van der Waals surface area contributed by atoms with Crippen molar-refractivity contribution in [3.8, 4) is 0 Å². The Kier molecular flexibility index (Phi) is 3.70. The van der Waals surface area contributed by atoms with Gasteiger partial charge in [0.05, 0.1) is 0 Å². The van der Waals surface area contributed by atoms with Gasteiger partial charge in [-0.1, -0.05) is 0 Å². The van der Waals surface area contributed by atoms with Crippen LogP contribution in [-0.4, -0.2) is 12.6 Å². The van der Waals surface area contributed by atoms with Gasteiger partial charge in [-0.2, -0.15) is 0 Å². The molecule has 0 N–H and O–H groups in total. The molecule has 2 rings (SSSR count). The Labute approximate surface area is 96.4 Å². The first-order valence-corrected chi connectivity index (χ1v) is 6.21. The smallest absolute Gasteiger partial charge is 0.146 e. The van der Waals surface area contributed by atoms with E-state index >= 15 is 0 Å². The minimum atomic E-state index is 0.897. The maximum atomic E-state index is 11.0. The lowest BCUT2D eigenvalue weighted by Gasteiger charge is -2.24. The monoisotopic (exact) mass is 218 g/mol. The average molecular weight is 218 g/mol. The molecular weight excluding hydrogens is 200 g/mol. The van der Waals surface area contributed by atoms with Gasteiger partial charge in [-0.05, 0) is 73.7 Å². The van der Waals surface area contributed by atoms with Gasteiger partial charge < -0.3 is 0 Å². The Bertz CT molecular complexity index is 325. The predicted octanol–water partition coefficient (Wildman–Crippen LogP) is 3.13. The third-order valence-electron chi connectivity index (χ3n) is 3.67. The summed E-state index contributed by atoms with van der Waals surface area (Å²) in [5.41, 5.74) is 4.29. The summed E-state index contributed by atoms with van der Waals surface area (Å²) in [6.45, 7) is 0. The van der Waals surface area contributed by atoms with Crippen molar-refractivity contribution >= 4 is 12.6 Å². The maximum absolute atomic E-state index is 11.0. The van der Waals surface area contributed by atoms with Crippen LogP contribution >= 0.6 is 0 Å². The van der Waals surface area contributed by atoms with Crippen LogP contribution in [0.1, 0.15) is 51.4 Å². The highest BCUT2D eigenvalue weighted by Crippen LogP contribution is 2.36. The van der Waals surface area contributed by atoms with Crippen LogP contribution in [0.4, 0.5) is 0 Å². The van der Waals surface area contributed by atoms with Crippen LogP contribution in [0.2, 0.25) is 0 Å². The van der Waals surface area contributed by atoms with E-state index in [1.54, 1.807) is 0 Å². The van der Waals surface area contributed by atoms with Crippen LogP contribution in [0.25, 0.3) is 0 Å². The molecule has 0 bridgehead atoms. The van der Waals surface area contributed by atoms with Gasteiger partial charge in [0.2, 0.25) is 0 Å². The van der Waals surface area contributed by atoms with Gasteiger partial charge in [0.1, 0.15) is 12.6 Å². The second-order valence-electron chi connectivity index (χ2n) is 4.66. The molecule has 2 nitrogen and oxygen atoms in total. The van der Waals surface area contributed by atoms with Gasteiger partial charge in [0.25, 0.3) is 0 Å². The number of allylic oxidation sites excluding steroid dienone is 4. The summed E-state index contributed by atoms with van der Waals surface area (Å²) in [5.74, 6) is 0. The summed E-state index contributed by atoms with van der Waals surface area (Å²) < 4.78 is 0. The summed E-state index contributed by atoms with van der Waals surface area (Å²) in [6, 6.07) is 0. The molecule has 86 valence electrons. The molecule has 0 amide bonds. The van der Waals surface area contributed by atoms with Crippen LogP contribution in [-0.2, 0) is 9.59 Å². The van der Waals surface area contributed by atoms with Gasteiger partial charge in [-0.15, -0.1) is 0 Å². The molecule has 0 aromatic carbocycles. The first kappa shape index (κ1) is 11.3. The van der Waals surface area contributed by atoms with E-state index in [4.69, 9.17) is 0 Å². The van der Waals surface area contributed by atoms with Gasteiger partial charge in [-0.25, -0.2) is 0 Å². The molecule has 2 aliphatic carbocycles. The lowest BCUT2D eigenvalue weighted by atomic mass is 9.80. The number of carbonyl (C=O) groups excluding carboxylic acids is 2. The molecule has 0 saturated carbocycles. The number of rotatable bonds is 3. The van der Waals surface area contributed by atoms with E-state index in [2.05, 4.69) is 0 Å². The second-order valence-corrected chi connectivity index (χ2v) is 4.66. The fourth-order valence-electron chi connectivity index (χ4n) is 2.81. The number of hydrogen-bond donors (Lipinski definition) is 0. The minimum absolute atomic E-state index is 0.897. The maximum Gasteiger partial charge on any atom is 0.146 e. The molecule has 0 unspecified atom stereocenters. The summed E-state index contributed by atoms with van der Waals surface area (Å²) in [6.07, 6.45) is 10.3. The Morgan fingerprint density at radius 3 is 1.38 bits per heavy atom. The van der Waals surface area contributed by atoms with Crippen LogP contribution in [0.15, 0.2) is 22.3 Å². The van der Waals surface area contributed by atoms with E-state index < -0.39 is 0 Å². The normalized spacial score (nSPS) is 22.2. The highest BCUT2D eigenvalue weighted by molar-refractivity contribution is 5.81. The fourth-order valence-corrected chi connectivity index (χ4v) is 2.81. The number of aldehydes is 2. The summed E-state index contributed by atoms with van der Waals surface area (Å²) in [5, 5.41) is 0. The standard InChI is InChI=1S/C14H18O2/c15-9-11-5-1-3-7-13(11)14-8-4-2-6-12(14)10-16/h9-10H,1-8H2. The molecule has 0 spiro atoms. The Balaban J connectivity index is 2.40. The summed E-state index contributed by atoms with van der Waals surface area (Å²) in [4.78, 5) is 22.1. The fraction of sp³-hybridized carbons (Fsp3) is 0.571. The van der Waals surface area contributed by atoms with Gasteiger partial charge in [-0.3, -0.25) is 9.59 Å². The molecule has 0 fully saturated rings. The van der Waals surface area contributed by atoms with Crippen molar-refractivity contribution in [2.24, 2.45) is 0 Å². The van der Waals surface area contributed by atoms with Crippen molar-refractivity contribution in [1.29, 1.82) is 0 Å². The van der Waals surface area contributed by atoms with Gasteiger partial charge >= 0.3 is 0 Å². The third kappa shape index (κ3) is 2.16. The zero-order chi connectivity index (χ0) is 11.4. The molecule has 0 aromatic heterocycles. The van der Waals surface area contributed by atoms with E-state index in [1.807, 2.05) is 0 Å². The first-order chi connectivity index (χ1) is 7.86. The van der Waals surface area contributed by atoms with Crippen molar-refractivity contribution in [1.82, 2.24) is 0 Å². The van der Waals surface area contributed by atoms with E-state index in [-0.39, 0.29) is 0 Å². The van der Waals surface area contributed by atoms with Crippen LogP contribution in [0.5, 0.6) is 0 Å². The quantitative estimate of drug-likeness (QED) is 0.682. The molecule has 16 heavy (non-hydrogen) atoms. The third-order valence-corrected chi connectivity index (χ3v) is 3.67. The predicted molar refractivity (Wildman–Crippen MR) is 63.1 cm³/mol. The lowest BCUT2D eigenvalue weighted by molar-refractivity contribution is -0.106. The molecule has 0 aromatic rings. The Hall–Kier alpha value is -1.18. The lowest BCUT2D eigenvalue weighted by Crippen LogP contribution is -2.09. The minimum Gasteiger partial charge on any atom is -0.298 e. The molecule has 0 saturated heterocycles. The molecule has 0 aliphatic heterocycles. The summed E-state index contributed by atoms with van der Waals surface area (Å²) in [7, 11) is 0. The number of carbonyl (C=O) groups is 2. The zero-order valence-electron chi connectivity index (χ0n) is 9.63. The van der Waals surface area contributed by atoms with Crippen molar-refractivity contribution in [3.05, 3.63) is 22.3 Å². The van der Waals surface area contributed by atoms with Crippen LogP contribution < -0.4 is 0 Å². The first-order valence-electron chi connectivity index (χ1n) is 6.21. The highest BCUT2D eigenvalue weighted by atomic mass is 16.1. The second kappa shape index (κ2) is 5.24. The molecule has 0 atom stereocenters. The van der Waals surface area contributed by atoms with E-state index in [0.29, 0.717) is 0 Å². The van der Waals surface area contributed by atoms with E-state index in [1.165, 1.54) is 11.1 Å². The van der Waals surface area contributed by atoms with E-state index in [0.717, 1.165) is 75.1 Å². The van der Waals surface area contributed by atoms with Crippen molar-refractivity contribution in [2.75, 3.05) is 0 Å². The van der Waals surface area contributed by atoms with Crippen LogP contribution in [0.3, 0.4) is 0 Å². The van der Waals surface area contributed by atoms with E-state index in [9.17, 15) is 9.59 Å². The zero-order valence-corrected chi connectivity index (χ0v) is 9.63. The average Bonchev–Trinajstić information content (AvgIpc) is 2.38. The molecule has 2 heteroatoms. The van der Waals surface area contributed by atoms with Crippen molar-refractivity contribution < 1.29 is 9.59 Å². The Morgan fingerprint density at radius 1 is 0.625 bits per heavy atom. The summed E-state index contributed by atoms with van der Waals surface area (Å²) >= 11 is 0.